The predicted molar refractivity (Wildman–Crippen MR) is 362 cm³/mol. The standard InChI is InChI=1S/C71H124O16P2/c1-4-7-10-13-16-19-22-25-28-30-31-32-33-35-38-39-42-45-48-51-54-57-69(74)81-60-66(72)61-83-88(77,78)84-62-67(73)63-85-89(79,80)86-65-68(87-71(76)59-56-53-50-47-44-41-36-27-24-21-18-15-12-9-6-3)64-82-70(75)58-55-52-49-46-43-40-37-34-29-26-23-20-17-14-11-8-5-2/h8,11,16-17,19-20,25-29,31-32,35-36,38,66-68,72-73H,4-7,9-10,12-15,18,21-24,30,33-34,37,39-65H2,1-3H3,(H,77,78)(H,79,80)/b11-8-,19-16-,20-17-,28-25-,29-26-,32-31-,36-27-,38-35-. The van der Waals surface area contributed by atoms with E-state index in [1.165, 1.54) is 64.2 Å². The lowest BCUT2D eigenvalue weighted by Gasteiger charge is -2.21. The Bertz CT molecular complexity index is 2010. The molecule has 18 heteroatoms. The number of phosphoric acid groups is 2. The minimum atomic E-state index is -4.93. The lowest BCUT2D eigenvalue weighted by Crippen LogP contribution is -2.30. The van der Waals surface area contributed by atoms with Gasteiger partial charge >= 0.3 is 33.6 Å². The van der Waals surface area contributed by atoms with Gasteiger partial charge in [-0.2, -0.15) is 0 Å². The SMILES string of the molecule is CC/C=C\C/C=C\C/C=C\CCCCCCCCCC(=O)OCC(COP(=O)(O)OCC(O)COP(=O)(O)OCC(O)COC(=O)CCCCCCC/C=C\C/C=C\C/C=C\C/C=C\CCCCC)OC(=O)CCCCCCC/C=C\CCCCCCCC. The first-order valence-electron chi connectivity index (χ1n) is 34.5. The molecule has 514 valence electrons. The number of unbranched alkanes of at least 4 members (excludes halogenated alkanes) is 26. The molecule has 5 atom stereocenters. The molecule has 0 heterocycles. The highest BCUT2D eigenvalue weighted by molar-refractivity contribution is 7.47. The van der Waals surface area contributed by atoms with Gasteiger partial charge in [0.15, 0.2) is 6.10 Å². The molecule has 0 radical (unpaired) electrons. The molecule has 0 aromatic carbocycles. The van der Waals surface area contributed by atoms with Crippen LogP contribution in [0.4, 0.5) is 0 Å². The number of phosphoric ester groups is 2. The Morgan fingerprint density at radius 1 is 0.326 bits per heavy atom. The van der Waals surface area contributed by atoms with Gasteiger partial charge in [-0.15, -0.1) is 0 Å². The third-order valence-corrected chi connectivity index (χ3v) is 16.2. The van der Waals surface area contributed by atoms with Crippen molar-refractivity contribution in [2.75, 3.05) is 39.6 Å². The zero-order valence-corrected chi connectivity index (χ0v) is 57.4. The number of carbonyl (C=O) groups excluding carboxylic acids is 3. The average Bonchev–Trinajstić information content (AvgIpc) is 3.73. The summed E-state index contributed by atoms with van der Waals surface area (Å²) in [5.41, 5.74) is 0. The van der Waals surface area contributed by atoms with Gasteiger partial charge in [0.2, 0.25) is 0 Å². The second kappa shape index (κ2) is 64.6. The minimum absolute atomic E-state index is 0.0916. The lowest BCUT2D eigenvalue weighted by molar-refractivity contribution is -0.161. The van der Waals surface area contributed by atoms with Gasteiger partial charge in [0.25, 0.3) is 0 Å². The van der Waals surface area contributed by atoms with Crippen molar-refractivity contribution in [1.29, 1.82) is 0 Å². The molecule has 0 fully saturated rings. The first kappa shape index (κ1) is 85.5. The van der Waals surface area contributed by atoms with E-state index in [0.29, 0.717) is 19.3 Å². The van der Waals surface area contributed by atoms with Crippen LogP contribution in [-0.4, -0.2) is 95.9 Å². The summed E-state index contributed by atoms with van der Waals surface area (Å²) in [6, 6.07) is 0. The number of aliphatic hydroxyl groups is 2. The van der Waals surface area contributed by atoms with Gasteiger partial charge in [0.05, 0.1) is 26.4 Å². The minimum Gasteiger partial charge on any atom is -0.463 e. The Kier molecular flexibility index (Phi) is 62.0. The highest BCUT2D eigenvalue weighted by Crippen LogP contribution is 2.45. The van der Waals surface area contributed by atoms with Crippen molar-refractivity contribution in [3.8, 4) is 0 Å². The van der Waals surface area contributed by atoms with Crippen LogP contribution in [0.3, 0.4) is 0 Å². The molecule has 0 aliphatic carbocycles. The van der Waals surface area contributed by atoms with E-state index in [-0.39, 0.29) is 19.3 Å². The first-order chi connectivity index (χ1) is 43.2. The number of rotatable bonds is 65. The first-order valence-corrected chi connectivity index (χ1v) is 37.5. The van der Waals surface area contributed by atoms with Crippen molar-refractivity contribution >= 4 is 33.6 Å². The van der Waals surface area contributed by atoms with Crippen molar-refractivity contribution in [1.82, 2.24) is 0 Å². The number of carbonyl (C=O) groups is 3. The maximum absolute atomic E-state index is 12.9. The summed E-state index contributed by atoms with van der Waals surface area (Å²) in [5.74, 6) is -1.61. The molecular formula is C71H124O16P2. The van der Waals surface area contributed by atoms with E-state index in [1.54, 1.807) is 0 Å². The van der Waals surface area contributed by atoms with E-state index in [4.69, 9.17) is 32.3 Å². The molecular weight excluding hydrogens is 1170 g/mol. The highest BCUT2D eigenvalue weighted by atomic mass is 31.2. The number of hydrogen-bond donors (Lipinski definition) is 4. The van der Waals surface area contributed by atoms with E-state index >= 15 is 0 Å². The van der Waals surface area contributed by atoms with Crippen LogP contribution in [-0.2, 0) is 55.8 Å². The number of ether oxygens (including phenoxy) is 3. The van der Waals surface area contributed by atoms with Gasteiger partial charge in [0, 0.05) is 19.3 Å². The van der Waals surface area contributed by atoms with E-state index in [0.717, 1.165) is 154 Å². The average molecular weight is 1300 g/mol. The zero-order valence-electron chi connectivity index (χ0n) is 55.6. The van der Waals surface area contributed by atoms with Gasteiger partial charge in [-0.1, -0.05) is 234 Å². The lowest BCUT2D eigenvalue weighted by atomic mass is 10.1. The molecule has 5 unspecified atom stereocenters. The molecule has 0 rings (SSSR count). The maximum Gasteiger partial charge on any atom is 0.472 e. The smallest absolute Gasteiger partial charge is 0.463 e. The Balaban J connectivity index is 4.67. The maximum atomic E-state index is 12.9. The molecule has 0 aromatic heterocycles. The largest absolute Gasteiger partial charge is 0.472 e. The second-order valence-electron chi connectivity index (χ2n) is 22.9. The van der Waals surface area contributed by atoms with Gasteiger partial charge in [-0.3, -0.25) is 32.5 Å². The number of aliphatic hydroxyl groups excluding tert-OH is 2. The molecule has 0 bridgehead atoms. The quantitative estimate of drug-likeness (QED) is 0.0146. The number of esters is 3. The van der Waals surface area contributed by atoms with E-state index in [2.05, 4.69) is 118 Å². The van der Waals surface area contributed by atoms with E-state index in [1.807, 2.05) is 0 Å². The van der Waals surface area contributed by atoms with E-state index in [9.17, 15) is 43.5 Å². The molecule has 0 spiro atoms. The third kappa shape index (κ3) is 65.8. The molecule has 0 aromatic rings. The summed E-state index contributed by atoms with van der Waals surface area (Å²) in [6.07, 6.45) is 70.2. The summed E-state index contributed by atoms with van der Waals surface area (Å²) in [6.45, 7) is 2.49. The Hall–Kier alpha value is -3.53. The van der Waals surface area contributed by atoms with Crippen molar-refractivity contribution in [2.24, 2.45) is 0 Å². The topological polar surface area (TPSA) is 231 Å². The third-order valence-electron chi connectivity index (χ3n) is 14.3. The van der Waals surface area contributed by atoms with Gasteiger partial charge in [0.1, 0.15) is 25.4 Å². The van der Waals surface area contributed by atoms with Crippen LogP contribution >= 0.6 is 15.6 Å². The monoisotopic (exact) mass is 1290 g/mol. The molecule has 0 aliphatic heterocycles. The summed E-state index contributed by atoms with van der Waals surface area (Å²) in [7, 11) is -9.78. The van der Waals surface area contributed by atoms with Crippen LogP contribution in [0.25, 0.3) is 0 Å². The van der Waals surface area contributed by atoms with Crippen molar-refractivity contribution < 1.29 is 75.8 Å². The molecule has 16 nitrogen and oxygen atoms in total. The zero-order chi connectivity index (χ0) is 65.3. The predicted octanol–water partition coefficient (Wildman–Crippen LogP) is 19.1. The highest BCUT2D eigenvalue weighted by Gasteiger charge is 2.29. The molecule has 0 saturated heterocycles. The fourth-order valence-corrected chi connectivity index (χ4v) is 10.6. The van der Waals surface area contributed by atoms with Crippen LogP contribution in [0.1, 0.15) is 278 Å². The normalized spacial score (nSPS) is 14.8. The summed E-state index contributed by atoms with van der Waals surface area (Å²) >= 11 is 0. The Labute approximate surface area is 539 Å². The van der Waals surface area contributed by atoms with Crippen LogP contribution in [0, 0.1) is 0 Å². The van der Waals surface area contributed by atoms with Gasteiger partial charge < -0.3 is 34.2 Å². The van der Waals surface area contributed by atoms with E-state index < -0.39 is 91.5 Å². The summed E-state index contributed by atoms with van der Waals surface area (Å²) in [5, 5.41) is 20.5. The number of hydrogen-bond acceptors (Lipinski definition) is 14. The van der Waals surface area contributed by atoms with Crippen molar-refractivity contribution in [3.63, 3.8) is 0 Å². The molecule has 0 saturated carbocycles. The van der Waals surface area contributed by atoms with Crippen LogP contribution in [0.15, 0.2) is 97.2 Å². The fourth-order valence-electron chi connectivity index (χ4n) is 8.97. The summed E-state index contributed by atoms with van der Waals surface area (Å²) in [4.78, 5) is 58.4. The Morgan fingerprint density at radius 2 is 0.596 bits per heavy atom. The number of allylic oxidation sites excluding steroid dienone is 16. The van der Waals surface area contributed by atoms with Crippen LogP contribution < -0.4 is 0 Å². The molecule has 89 heavy (non-hydrogen) atoms. The fraction of sp³-hybridized carbons (Fsp3) is 0.732. The van der Waals surface area contributed by atoms with Crippen LogP contribution in [0.2, 0.25) is 0 Å². The molecule has 0 aliphatic rings. The molecule has 0 amide bonds. The molecule has 4 N–H and O–H groups in total. The van der Waals surface area contributed by atoms with Crippen LogP contribution in [0.5, 0.6) is 0 Å². The van der Waals surface area contributed by atoms with Gasteiger partial charge in [-0.05, 0) is 122 Å². The van der Waals surface area contributed by atoms with Gasteiger partial charge in [-0.25, -0.2) is 9.13 Å². The van der Waals surface area contributed by atoms with Crippen molar-refractivity contribution in [2.45, 2.75) is 296 Å². The summed E-state index contributed by atoms with van der Waals surface area (Å²) < 4.78 is 60.9. The Morgan fingerprint density at radius 3 is 0.978 bits per heavy atom. The second-order valence-corrected chi connectivity index (χ2v) is 25.8. The van der Waals surface area contributed by atoms with Crippen molar-refractivity contribution in [3.05, 3.63) is 97.2 Å².